The minimum Gasteiger partial charge on any atom is -0.0843 e. The molecule has 1 atom stereocenters. The molecule has 0 radical (unpaired) electrons. The normalized spacial score (nSPS) is 17.4. The van der Waals surface area contributed by atoms with E-state index in [4.69, 9.17) is 11.6 Å². The van der Waals surface area contributed by atoms with E-state index in [0.717, 1.165) is 9.50 Å². The molecule has 5 rings (SSSR count). The molecule has 0 saturated carbocycles. The molecule has 1 aliphatic carbocycles. The highest BCUT2D eigenvalue weighted by Gasteiger charge is 2.45. The SMILES string of the molecule is Clc1cccc(C2(c3ccccc3)c3ccccc3-c3cc(Br)ccc32)c1. The first kappa shape index (κ1) is 16.8. The van der Waals surface area contributed by atoms with Gasteiger partial charge in [-0.1, -0.05) is 100 Å². The summed E-state index contributed by atoms with van der Waals surface area (Å²) in [6.07, 6.45) is 0. The summed E-state index contributed by atoms with van der Waals surface area (Å²) in [7, 11) is 0. The van der Waals surface area contributed by atoms with Crippen molar-refractivity contribution in [1.82, 2.24) is 0 Å². The summed E-state index contributed by atoms with van der Waals surface area (Å²) >= 11 is 10.1. The van der Waals surface area contributed by atoms with Crippen LogP contribution in [-0.2, 0) is 5.41 Å². The lowest BCUT2D eigenvalue weighted by Gasteiger charge is -2.34. The molecule has 1 aliphatic rings. The van der Waals surface area contributed by atoms with Gasteiger partial charge in [0.05, 0.1) is 5.41 Å². The maximum absolute atomic E-state index is 6.44. The van der Waals surface area contributed by atoms with E-state index in [-0.39, 0.29) is 5.41 Å². The minimum atomic E-state index is -0.376. The quantitative estimate of drug-likeness (QED) is 0.272. The van der Waals surface area contributed by atoms with Crippen LogP contribution < -0.4 is 0 Å². The molecule has 0 nitrogen and oxygen atoms in total. The summed E-state index contributed by atoms with van der Waals surface area (Å²) < 4.78 is 1.09. The summed E-state index contributed by atoms with van der Waals surface area (Å²) in [5.41, 5.74) is 7.20. The lowest BCUT2D eigenvalue weighted by Crippen LogP contribution is -2.28. The molecule has 1 unspecified atom stereocenters. The Morgan fingerprint density at radius 1 is 0.593 bits per heavy atom. The Balaban J connectivity index is 1.98. The van der Waals surface area contributed by atoms with Crippen molar-refractivity contribution in [2.24, 2.45) is 0 Å². The summed E-state index contributed by atoms with van der Waals surface area (Å²) in [4.78, 5) is 0. The van der Waals surface area contributed by atoms with Gasteiger partial charge in [0, 0.05) is 9.50 Å². The van der Waals surface area contributed by atoms with Gasteiger partial charge in [-0.25, -0.2) is 0 Å². The van der Waals surface area contributed by atoms with Crippen LogP contribution in [0, 0.1) is 0 Å². The van der Waals surface area contributed by atoms with E-state index in [2.05, 4.69) is 101 Å². The fourth-order valence-electron chi connectivity index (χ4n) is 4.45. The number of hydrogen-bond acceptors (Lipinski definition) is 0. The zero-order valence-corrected chi connectivity index (χ0v) is 16.8. The third-order valence-corrected chi connectivity index (χ3v) is 6.20. The maximum Gasteiger partial charge on any atom is 0.0714 e. The third kappa shape index (κ3) is 2.42. The van der Waals surface area contributed by atoms with Crippen molar-refractivity contribution in [3.05, 3.63) is 129 Å². The molecule has 4 aromatic rings. The Morgan fingerprint density at radius 2 is 1.30 bits per heavy atom. The Labute approximate surface area is 172 Å². The fraction of sp³-hybridized carbons (Fsp3) is 0.0400. The molecule has 2 heteroatoms. The van der Waals surface area contributed by atoms with E-state index in [1.165, 1.54) is 33.4 Å². The highest BCUT2D eigenvalue weighted by Crippen LogP contribution is 2.56. The van der Waals surface area contributed by atoms with Crippen molar-refractivity contribution in [3.63, 3.8) is 0 Å². The van der Waals surface area contributed by atoms with E-state index in [1.54, 1.807) is 0 Å². The van der Waals surface area contributed by atoms with Gasteiger partial charge in [-0.05, 0) is 57.6 Å². The van der Waals surface area contributed by atoms with E-state index < -0.39 is 0 Å². The van der Waals surface area contributed by atoms with Gasteiger partial charge >= 0.3 is 0 Å². The Morgan fingerprint density at radius 3 is 2.11 bits per heavy atom. The second-order valence-electron chi connectivity index (χ2n) is 6.86. The van der Waals surface area contributed by atoms with Crippen LogP contribution in [0.5, 0.6) is 0 Å². The van der Waals surface area contributed by atoms with Crippen molar-refractivity contribution >= 4 is 27.5 Å². The van der Waals surface area contributed by atoms with E-state index in [1.807, 2.05) is 12.1 Å². The average molecular weight is 432 g/mol. The number of halogens is 2. The monoisotopic (exact) mass is 430 g/mol. The highest BCUT2D eigenvalue weighted by atomic mass is 79.9. The maximum atomic E-state index is 6.44. The van der Waals surface area contributed by atoms with Crippen molar-refractivity contribution in [2.75, 3.05) is 0 Å². The number of hydrogen-bond donors (Lipinski definition) is 0. The topological polar surface area (TPSA) is 0 Å². The zero-order chi connectivity index (χ0) is 18.4. The Kier molecular flexibility index (Phi) is 3.96. The molecule has 0 fully saturated rings. The molecule has 0 heterocycles. The van der Waals surface area contributed by atoms with E-state index >= 15 is 0 Å². The number of benzene rings is 4. The first-order valence-electron chi connectivity index (χ1n) is 8.93. The average Bonchev–Trinajstić information content (AvgIpc) is 2.99. The molecular formula is C25H16BrCl. The largest absolute Gasteiger partial charge is 0.0843 e. The summed E-state index contributed by atoms with van der Waals surface area (Å²) in [5, 5.41) is 0.755. The Hall–Kier alpha value is -2.35. The predicted molar refractivity (Wildman–Crippen MR) is 116 cm³/mol. The lowest BCUT2D eigenvalue weighted by atomic mass is 9.68. The third-order valence-electron chi connectivity index (χ3n) is 5.47. The molecule has 0 saturated heterocycles. The lowest BCUT2D eigenvalue weighted by molar-refractivity contribution is 0.768. The predicted octanol–water partition coefficient (Wildman–Crippen LogP) is 7.47. The highest BCUT2D eigenvalue weighted by molar-refractivity contribution is 9.10. The summed E-state index contributed by atoms with van der Waals surface area (Å²) in [6.45, 7) is 0. The van der Waals surface area contributed by atoms with Gasteiger partial charge in [0.15, 0.2) is 0 Å². The first-order chi connectivity index (χ1) is 13.2. The van der Waals surface area contributed by atoms with Gasteiger partial charge in [0.2, 0.25) is 0 Å². The fourth-order valence-corrected chi connectivity index (χ4v) is 5.01. The number of fused-ring (bicyclic) bond motifs is 3. The van der Waals surface area contributed by atoms with Crippen molar-refractivity contribution in [2.45, 2.75) is 5.41 Å². The smallest absolute Gasteiger partial charge is 0.0714 e. The number of rotatable bonds is 2. The molecule has 0 spiro atoms. The molecule has 0 aromatic heterocycles. The van der Waals surface area contributed by atoms with Gasteiger partial charge in [-0.2, -0.15) is 0 Å². The molecule has 0 N–H and O–H groups in total. The second-order valence-corrected chi connectivity index (χ2v) is 8.21. The van der Waals surface area contributed by atoms with Crippen LogP contribution in [0.3, 0.4) is 0 Å². The molecule has 27 heavy (non-hydrogen) atoms. The summed E-state index contributed by atoms with van der Waals surface area (Å²) in [6, 6.07) is 34.3. The molecule has 0 amide bonds. The first-order valence-corrected chi connectivity index (χ1v) is 10.1. The Bertz CT molecular complexity index is 1150. The van der Waals surface area contributed by atoms with Gasteiger partial charge < -0.3 is 0 Å². The van der Waals surface area contributed by atoms with Crippen LogP contribution in [0.25, 0.3) is 11.1 Å². The summed E-state index contributed by atoms with van der Waals surface area (Å²) in [5.74, 6) is 0. The van der Waals surface area contributed by atoms with Gasteiger partial charge in [0.1, 0.15) is 0 Å². The van der Waals surface area contributed by atoms with Gasteiger partial charge in [-0.15, -0.1) is 0 Å². The zero-order valence-electron chi connectivity index (χ0n) is 14.5. The molecule has 0 bridgehead atoms. The molecule has 130 valence electrons. The second kappa shape index (κ2) is 6.37. The van der Waals surface area contributed by atoms with Crippen molar-refractivity contribution < 1.29 is 0 Å². The molecule has 4 aromatic carbocycles. The molecular weight excluding hydrogens is 416 g/mol. The van der Waals surface area contributed by atoms with Crippen molar-refractivity contribution in [3.8, 4) is 11.1 Å². The minimum absolute atomic E-state index is 0.376. The van der Waals surface area contributed by atoms with E-state index in [9.17, 15) is 0 Å². The van der Waals surface area contributed by atoms with Crippen LogP contribution in [0.1, 0.15) is 22.3 Å². The van der Waals surface area contributed by atoms with Crippen molar-refractivity contribution in [1.29, 1.82) is 0 Å². The van der Waals surface area contributed by atoms with Crippen LogP contribution in [0.15, 0.2) is 102 Å². The van der Waals surface area contributed by atoms with Gasteiger partial charge in [-0.3, -0.25) is 0 Å². The van der Waals surface area contributed by atoms with E-state index in [0.29, 0.717) is 0 Å². The van der Waals surface area contributed by atoms with Gasteiger partial charge in [0.25, 0.3) is 0 Å². The standard InChI is InChI=1S/C25H16BrCl/c26-19-13-14-24-22(16-19)21-11-4-5-12-23(21)25(24,17-7-2-1-3-8-17)18-9-6-10-20(27)15-18/h1-16H. The molecule has 0 aliphatic heterocycles. The van der Waals surface area contributed by atoms with Crippen LogP contribution >= 0.6 is 27.5 Å². The van der Waals surface area contributed by atoms with Crippen LogP contribution in [0.4, 0.5) is 0 Å². The van der Waals surface area contributed by atoms with Crippen LogP contribution in [-0.4, -0.2) is 0 Å². The van der Waals surface area contributed by atoms with Crippen LogP contribution in [0.2, 0.25) is 5.02 Å².